The van der Waals surface area contributed by atoms with Gasteiger partial charge in [-0.05, 0) is 38.1 Å². The molecule has 7 nitrogen and oxygen atoms in total. The average molecular weight is 387 g/mol. The molecule has 27 heavy (non-hydrogen) atoms. The van der Waals surface area contributed by atoms with Gasteiger partial charge in [0.1, 0.15) is 0 Å². The van der Waals surface area contributed by atoms with Gasteiger partial charge in [0.15, 0.2) is 5.76 Å². The minimum atomic E-state index is -3.68. The SMILES string of the molecule is Cc1noc(-c2ccc(S(=O)(=O)N3CCN(c4ccccc4)CC3)o2)c1C. The summed E-state index contributed by atoms with van der Waals surface area (Å²) < 4.78 is 38.2. The molecule has 3 aromatic rings. The molecule has 0 aliphatic carbocycles. The predicted octanol–water partition coefficient (Wildman–Crippen LogP) is 3.06. The lowest BCUT2D eigenvalue weighted by molar-refractivity contribution is 0.358. The van der Waals surface area contributed by atoms with Crippen LogP contribution < -0.4 is 4.90 Å². The summed E-state index contributed by atoms with van der Waals surface area (Å²) in [6, 6.07) is 13.1. The fourth-order valence-corrected chi connectivity index (χ4v) is 4.51. The summed E-state index contributed by atoms with van der Waals surface area (Å²) in [4.78, 5) is 2.18. The van der Waals surface area contributed by atoms with Crippen LogP contribution in [0.15, 0.2) is 56.5 Å². The number of hydrogen-bond acceptors (Lipinski definition) is 6. The molecule has 0 bridgehead atoms. The molecule has 0 N–H and O–H groups in total. The van der Waals surface area contributed by atoms with E-state index < -0.39 is 10.0 Å². The van der Waals surface area contributed by atoms with Crippen molar-refractivity contribution >= 4 is 15.7 Å². The first-order valence-corrected chi connectivity index (χ1v) is 10.2. The maximum atomic E-state index is 12.9. The summed E-state index contributed by atoms with van der Waals surface area (Å²) >= 11 is 0. The lowest BCUT2D eigenvalue weighted by Gasteiger charge is -2.34. The first-order valence-electron chi connectivity index (χ1n) is 8.80. The predicted molar refractivity (Wildman–Crippen MR) is 101 cm³/mol. The van der Waals surface area contributed by atoms with Gasteiger partial charge >= 0.3 is 0 Å². The van der Waals surface area contributed by atoms with Gasteiger partial charge in [-0.15, -0.1) is 0 Å². The largest absolute Gasteiger partial charge is 0.440 e. The molecule has 1 aliphatic rings. The Balaban J connectivity index is 1.51. The number of para-hydroxylation sites is 1. The monoisotopic (exact) mass is 387 g/mol. The van der Waals surface area contributed by atoms with Gasteiger partial charge in [-0.2, -0.15) is 4.31 Å². The van der Waals surface area contributed by atoms with Gasteiger partial charge in [0.05, 0.1) is 5.69 Å². The molecule has 0 radical (unpaired) electrons. The van der Waals surface area contributed by atoms with E-state index in [1.54, 1.807) is 6.07 Å². The van der Waals surface area contributed by atoms with Crippen LogP contribution in [-0.4, -0.2) is 44.1 Å². The van der Waals surface area contributed by atoms with Crippen molar-refractivity contribution in [3.8, 4) is 11.5 Å². The number of nitrogens with zero attached hydrogens (tertiary/aromatic N) is 3. The number of aromatic nitrogens is 1. The summed E-state index contributed by atoms with van der Waals surface area (Å²) in [5.74, 6) is 0.831. The highest BCUT2D eigenvalue weighted by atomic mass is 32.2. The van der Waals surface area contributed by atoms with E-state index in [9.17, 15) is 8.42 Å². The van der Waals surface area contributed by atoms with Gasteiger partial charge in [0.2, 0.25) is 10.9 Å². The minimum absolute atomic E-state index is 0.0703. The van der Waals surface area contributed by atoms with Crippen LogP contribution in [0.25, 0.3) is 11.5 Å². The number of rotatable bonds is 4. The smallest absolute Gasteiger partial charge is 0.276 e. The van der Waals surface area contributed by atoms with E-state index in [4.69, 9.17) is 8.94 Å². The van der Waals surface area contributed by atoms with Crippen LogP contribution in [0, 0.1) is 13.8 Å². The fraction of sp³-hybridized carbons (Fsp3) is 0.316. The Kier molecular flexibility index (Phi) is 4.53. The Bertz CT molecular complexity index is 1030. The van der Waals surface area contributed by atoms with Crippen molar-refractivity contribution in [3.05, 3.63) is 53.7 Å². The van der Waals surface area contributed by atoms with Gasteiger partial charge in [0, 0.05) is 37.4 Å². The topological polar surface area (TPSA) is 79.8 Å². The van der Waals surface area contributed by atoms with Gasteiger partial charge in [0.25, 0.3) is 10.0 Å². The molecule has 1 fully saturated rings. The molecule has 4 rings (SSSR count). The number of benzene rings is 1. The Hall–Kier alpha value is -2.58. The van der Waals surface area contributed by atoms with Crippen LogP contribution >= 0.6 is 0 Å². The second-order valence-corrected chi connectivity index (χ2v) is 8.44. The van der Waals surface area contributed by atoms with Crippen LogP contribution in [0.1, 0.15) is 11.3 Å². The van der Waals surface area contributed by atoms with E-state index in [0.29, 0.717) is 37.7 Å². The van der Waals surface area contributed by atoms with Crippen molar-refractivity contribution in [2.24, 2.45) is 0 Å². The van der Waals surface area contributed by atoms with Crippen LogP contribution in [-0.2, 0) is 10.0 Å². The van der Waals surface area contributed by atoms with Crippen LogP contribution in [0.4, 0.5) is 5.69 Å². The van der Waals surface area contributed by atoms with E-state index in [0.717, 1.165) is 16.9 Å². The van der Waals surface area contributed by atoms with Crippen molar-refractivity contribution < 1.29 is 17.4 Å². The fourth-order valence-electron chi connectivity index (χ4n) is 3.18. The number of anilines is 1. The maximum absolute atomic E-state index is 12.9. The average Bonchev–Trinajstić information content (AvgIpc) is 3.31. The summed E-state index contributed by atoms with van der Waals surface area (Å²) in [5, 5.41) is 3.82. The van der Waals surface area contributed by atoms with Crippen molar-refractivity contribution in [1.29, 1.82) is 0 Å². The highest BCUT2D eigenvalue weighted by Crippen LogP contribution is 2.30. The molecule has 0 spiro atoms. The van der Waals surface area contributed by atoms with Gasteiger partial charge < -0.3 is 13.8 Å². The molecule has 8 heteroatoms. The number of sulfonamides is 1. The van der Waals surface area contributed by atoms with E-state index in [1.807, 2.05) is 44.2 Å². The zero-order valence-electron chi connectivity index (χ0n) is 15.3. The van der Waals surface area contributed by atoms with Gasteiger partial charge in [-0.3, -0.25) is 0 Å². The Morgan fingerprint density at radius 1 is 0.963 bits per heavy atom. The Morgan fingerprint density at radius 3 is 2.30 bits per heavy atom. The standard InChI is InChI=1S/C19H21N3O4S/c1-14-15(2)20-26-19(14)17-8-9-18(25-17)27(23,24)22-12-10-21(11-13-22)16-6-4-3-5-7-16/h3-9H,10-13H2,1-2H3. The molecule has 142 valence electrons. The number of piperazine rings is 1. The molecule has 0 atom stereocenters. The zero-order chi connectivity index (χ0) is 19.0. The molecule has 2 aromatic heterocycles. The number of hydrogen-bond donors (Lipinski definition) is 0. The molecule has 0 unspecified atom stereocenters. The van der Waals surface area contributed by atoms with Gasteiger partial charge in [-0.1, -0.05) is 23.4 Å². The third-order valence-corrected chi connectivity index (χ3v) is 6.69. The molecule has 1 aliphatic heterocycles. The molecule has 0 amide bonds. The number of aryl methyl sites for hydroxylation is 1. The second-order valence-electron chi connectivity index (χ2n) is 6.57. The third kappa shape index (κ3) is 3.26. The molecule has 0 saturated carbocycles. The van der Waals surface area contributed by atoms with Crippen molar-refractivity contribution in [2.45, 2.75) is 18.9 Å². The van der Waals surface area contributed by atoms with Gasteiger partial charge in [-0.25, -0.2) is 8.42 Å². The van der Waals surface area contributed by atoms with Crippen molar-refractivity contribution in [1.82, 2.24) is 9.46 Å². The van der Waals surface area contributed by atoms with Crippen LogP contribution in [0.3, 0.4) is 0 Å². The van der Waals surface area contributed by atoms with E-state index >= 15 is 0 Å². The zero-order valence-corrected chi connectivity index (χ0v) is 16.1. The van der Waals surface area contributed by atoms with Crippen molar-refractivity contribution in [2.75, 3.05) is 31.1 Å². The van der Waals surface area contributed by atoms with Crippen LogP contribution in [0.5, 0.6) is 0 Å². The van der Waals surface area contributed by atoms with E-state index in [1.165, 1.54) is 10.4 Å². The third-order valence-electron chi connectivity index (χ3n) is 4.92. The molecule has 1 saturated heterocycles. The lowest BCUT2D eigenvalue weighted by Crippen LogP contribution is -2.48. The summed E-state index contributed by atoms with van der Waals surface area (Å²) in [6.45, 7) is 5.78. The second kappa shape index (κ2) is 6.86. The number of furan rings is 1. The Morgan fingerprint density at radius 2 is 1.67 bits per heavy atom. The molecular formula is C19H21N3O4S. The molecular weight excluding hydrogens is 366 g/mol. The first kappa shape index (κ1) is 17.8. The van der Waals surface area contributed by atoms with Crippen LogP contribution in [0.2, 0.25) is 0 Å². The van der Waals surface area contributed by atoms with E-state index in [2.05, 4.69) is 10.1 Å². The molecule has 1 aromatic carbocycles. The quantitative estimate of drug-likeness (QED) is 0.684. The summed E-state index contributed by atoms with van der Waals surface area (Å²) in [7, 11) is -3.68. The Labute approximate surface area is 158 Å². The van der Waals surface area contributed by atoms with E-state index in [-0.39, 0.29) is 5.09 Å². The highest BCUT2D eigenvalue weighted by molar-refractivity contribution is 7.89. The van der Waals surface area contributed by atoms with Crippen molar-refractivity contribution in [3.63, 3.8) is 0 Å². The summed E-state index contributed by atoms with van der Waals surface area (Å²) in [5.41, 5.74) is 2.69. The first-order chi connectivity index (χ1) is 13.0. The maximum Gasteiger partial charge on any atom is 0.276 e. The lowest BCUT2D eigenvalue weighted by atomic mass is 10.2. The normalized spacial score (nSPS) is 16.0. The molecule has 3 heterocycles. The summed E-state index contributed by atoms with van der Waals surface area (Å²) in [6.07, 6.45) is 0. The minimum Gasteiger partial charge on any atom is -0.440 e. The highest BCUT2D eigenvalue weighted by Gasteiger charge is 2.31.